The Morgan fingerprint density at radius 3 is 2.35 bits per heavy atom. The molecule has 7 nitrogen and oxygen atoms in total. The maximum Gasteiger partial charge on any atom is 0.328 e. The highest BCUT2D eigenvalue weighted by atomic mass is 32.2. The monoisotopic (exact) mass is 647 g/mol. The Morgan fingerprint density at radius 1 is 0.913 bits per heavy atom. The Bertz CT molecular complexity index is 1390. The number of hydrogen-bond acceptors (Lipinski definition) is 7. The molecule has 0 radical (unpaired) electrons. The molecule has 1 N–H and O–H groups in total. The molecule has 0 saturated heterocycles. The Labute approximate surface area is 278 Å². The van der Waals surface area contributed by atoms with Crippen LogP contribution in [0.4, 0.5) is 0 Å². The van der Waals surface area contributed by atoms with Crippen molar-refractivity contribution in [3.63, 3.8) is 0 Å². The van der Waals surface area contributed by atoms with Crippen LogP contribution in [-0.2, 0) is 32.2 Å². The Kier molecular flexibility index (Phi) is 14.5. The van der Waals surface area contributed by atoms with Crippen LogP contribution in [0.2, 0.25) is 0 Å². The first-order valence-electron chi connectivity index (χ1n) is 16.3. The summed E-state index contributed by atoms with van der Waals surface area (Å²) < 4.78 is 23.0. The molecule has 1 amide bonds. The van der Waals surface area contributed by atoms with Crippen LogP contribution in [0, 0.1) is 12.8 Å². The van der Waals surface area contributed by atoms with Gasteiger partial charge < -0.3 is 24.3 Å². The summed E-state index contributed by atoms with van der Waals surface area (Å²) in [6, 6.07) is 21.1. The lowest BCUT2D eigenvalue weighted by molar-refractivity contribution is -0.142. The number of aryl methyl sites for hydroxylation is 1. The van der Waals surface area contributed by atoms with Crippen LogP contribution in [0.25, 0.3) is 11.1 Å². The second-order valence-corrected chi connectivity index (χ2v) is 13.0. The Morgan fingerprint density at radius 2 is 1.65 bits per heavy atom. The molecule has 1 saturated carbocycles. The molecule has 1 aliphatic rings. The van der Waals surface area contributed by atoms with Crippen LogP contribution in [-0.4, -0.2) is 56.9 Å². The van der Waals surface area contributed by atoms with Crippen LogP contribution >= 0.6 is 11.8 Å². The average molecular weight is 648 g/mol. The van der Waals surface area contributed by atoms with Crippen LogP contribution < -0.4 is 10.1 Å². The van der Waals surface area contributed by atoms with Crippen molar-refractivity contribution in [2.75, 3.05) is 32.8 Å². The van der Waals surface area contributed by atoms with Crippen molar-refractivity contribution >= 4 is 23.6 Å². The maximum absolute atomic E-state index is 13.6. The summed E-state index contributed by atoms with van der Waals surface area (Å²) in [7, 11) is 3.01. The summed E-state index contributed by atoms with van der Waals surface area (Å²) in [6.45, 7) is 3.47. The Balaban J connectivity index is 1.51. The number of benzene rings is 3. The van der Waals surface area contributed by atoms with E-state index >= 15 is 0 Å². The number of nitrogens with one attached hydrogen (secondary N) is 1. The van der Waals surface area contributed by atoms with Crippen molar-refractivity contribution in [3.05, 3.63) is 89.0 Å². The van der Waals surface area contributed by atoms with Crippen LogP contribution in [0.5, 0.6) is 5.75 Å². The number of carbonyl (C=O) groups is 2. The van der Waals surface area contributed by atoms with E-state index in [-0.39, 0.29) is 12.0 Å². The quantitative estimate of drug-likeness (QED) is 0.150. The molecule has 0 aliphatic heterocycles. The summed E-state index contributed by atoms with van der Waals surface area (Å²) in [5.74, 6) is 1.46. The maximum atomic E-state index is 13.6. The molecule has 3 aromatic rings. The van der Waals surface area contributed by atoms with Gasteiger partial charge in [0.05, 0.1) is 40.1 Å². The topological polar surface area (TPSA) is 83.1 Å². The van der Waals surface area contributed by atoms with Gasteiger partial charge in [0, 0.05) is 5.56 Å². The number of esters is 1. The number of thioether (sulfide) groups is 1. The van der Waals surface area contributed by atoms with Crippen LogP contribution in [0.3, 0.4) is 0 Å². The summed E-state index contributed by atoms with van der Waals surface area (Å²) in [6.07, 6.45) is 9.75. The minimum Gasteiger partial charge on any atom is -0.497 e. The van der Waals surface area contributed by atoms with Crippen molar-refractivity contribution in [1.29, 1.82) is 0 Å². The van der Waals surface area contributed by atoms with E-state index in [0.29, 0.717) is 37.7 Å². The van der Waals surface area contributed by atoms with Gasteiger partial charge in [-0.1, -0.05) is 74.6 Å². The van der Waals surface area contributed by atoms with Gasteiger partial charge in [-0.2, -0.15) is 11.8 Å². The number of hydrogen-bond donors (Lipinski definition) is 1. The fraction of sp³-hybridized carbons (Fsp3) is 0.474. The molecule has 2 atom stereocenters. The molecule has 3 aromatic carbocycles. The van der Waals surface area contributed by atoms with Gasteiger partial charge in [-0.25, -0.2) is 4.79 Å². The van der Waals surface area contributed by atoms with Crippen LogP contribution in [0.1, 0.15) is 72.0 Å². The molecular formula is C38H49NO6S. The molecule has 2 unspecified atom stereocenters. The van der Waals surface area contributed by atoms with Gasteiger partial charge in [-0.3, -0.25) is 4.79 Å². The molecule has 0 aromatic heterocycles. The largest absolute Gasteiger partial charge is 0.497 e. The molecular weight excluding hydrogens is 598 g/mol. The molecule has 46 heavy (non-hydrogen) atoms. The van der Waals surface area contributed by atoms with E-state index < -0.39 is 12.0 Å². The molecule has 248 valence electrons. The first-order valence-corrected chi connectivity index (χ1v) is 17.7. The molecule has 8 heteroatoms. The second-order valence-electron chi connectivity index (χ2n) is 12.1. The highest BCUT2D eigenvalue weighted by molar-refractivity contribution is 7.98. The third-order valence-corrected chi connectivity index (χ3v) is 9.35. The van der Waals surface area contributed by atoms with Crippen molar-refractivity contribution < 1.29 is 28.5 Å². The summed E-state index contributed by atoms with van der Waals surface area (Å²) in [5.41, 5.74) is 5.42. The summed E-state index contributed by atoms with van der Waals surface area (Å²) in [4.78, 5) is 26.1. The lowest BCUT2D eigenvalue weighted by Crippen LogP contribution is -2.42. The Hall–Kier alpha value is -3.33. The standard InChI is InChI=1S/C38H49NO6S/c1-27-10-8-9-13-33(27)35-23-30(16-19-34(35)37(40)39-36(20-21-46-4)38(41)43-3)25-45-32(22-28-11-6-5-7-12-28)26-44-24-29-14-17-31(42-2)18-15-29/h8-10,13-19,23,28,32,36H,5-7,11-12,20-22,24-26H2,1-4H3,(H,39,40). The highest BCUT2D eigenvalue weighted by Gasteiger charge is 2.25. The predicted molar refractivity (Wildman–Crippen MR) is 185 cm³/mol. The number of ether oxygens (including phenoxy) is 4. The van der Waals surface area contributed by atoms with Crippen molar-refractivity contribution in [3.8, 4) is 16.9 Å². The van der Waals surface area contributed by atoms with Gasteiger partial charge in [0.15, 0.2) is 0 Å². The van der Waals surface area contributed by atoms with Gasteiger partial charge in [0.1, 0.15) is 11.8 Å². The summed E-state index contributed by atoms with van der Waals surface area (Å²) >= 11 is 1.62. The van der Waals surface area contributed by atoms with Gasteiger partial charge >= 0.3 is 5.97 Å². The first kappa shape index (κ1) is 35.5. The highest BCUT2D eigenvalue weighted by Crippen LogP contribution is 2.31. The van der Waals surface area contributed by atoms with Crippen molar-refractivity contribution in [1.82, 2.24) is 5.32 Å². The zero-order chi connectivity index (χ0) is 32.7. The van der Waals surface area contributed by atoms with E-state index in [1.807, 2.05) is 79.9 Å². The molecule has 4 rings (SSSR count). The van der Waals surface area contributed by atoms with E-state index in [1.54, 1.807) is 18.9 Å². The van der Waals surface area contributed by atoms with Crippen LogP contribution in [0.15, 0.2) is 66.7 Å². The minimum atomic E-state index is -0.712. The van der Waals surface area contributed by atoms with Crippen molar-refractivity contribution in [2.45, 2.75) is 77.2 Å². The third-order valence-electron chi connectivity index (χ3n) is 8.70. The lowest BCUT2D eigenvalue weighted by Gasteiger charge is -2.27. The van der Waals surface area contributed by atoms with E-state index in [0.717, 1.165) is 45.7 Å². The molecule has 1 aliphatic carbocycles. The third kappa shape index (κ3) is 10.6. The smallest absolute Gasteiger partial charge is 0.328 e. The number of methoxy groups -OCH3 is 2. The minimum absolute atomic E-state index is 0.0384. The normalized spacial score (nSPS) is 14.8. The molecule has 0 spiro atoms. The van der Waals surface area contributed by atoms with E-state index in [2.05, 4.69) is 5.32 Å². The molecule has 0 heterocycles. The fourth-order valence-electron chi connectivity index (χ4n) is 6.06. The van der Waals surface area contributed by atoms with Gasteiger partial charge in [0.25, 0.3) is 5.91 Å². The van der Waals surface area contributed by atoms with Crippen molar-refractivity contribution in [2.24, 2.45) is 5.92 Å². The number of carbonyl (C=O) groups excluding carboxylic acids is 2. The first-order chi connectivity index (χ1) is 22.4. The van der Waals surface area contributed by atoms with E-state index in [4.69, 9.17) is 18.9 Å². The van der Waals surface area contributed by atoms with Gasteiger partial charge in [-0.05, 0) is 89.8 Å². The average Bonchev–Trinajstić information content (AvgIpc) is 3.09. The SMILES string of the molecule is COC(=O)C(CCSC)NC(=O)c1ccc(COC(COCc2ccc(OC)cc2)CC2CCCCC2)cc1-c1ccccc1C. The van der Waals surface area contributed by atoms with Gasteiger partial charge in [-0.15, -0.1) is 0 Å². The zero-order valence-corrected chi connectivity index (χ0v) is 28.5. The van der Waals surface area contributed by atoms with E-state index in [1.165, 1.54) is 39.2 Å². The lowest BCUT2D eigenvalue weighted by atomic mass is 9.85. The fourth-order valence-corrected chi connectivity index (χ4v) is 6.53. The predicted octanol–water partition coefficient (Wildman–Crippen LogP) is 7.77. The molecule has 1 fully saturated rings. The van der Waals surface area contributed by atoms with Gasteiger partial charge in [0.2, 0.25) is 0 Å². The van der Waals surface area contributed by atoms with E-state index in [9.17, 15) is 9.59 Å². The number of amides is 1. The second kappa shape index (κ2) is 18.7. The zero-order valence-electron chi connectivity index (χ0n) is 27.7. The molecule has 0 bridgehead atoms. The summed E-state index contributed by atoms with van der Waals surface area (Å²) in [5, 5.41) is 2.93. The number of rotatable bonds is 17.